The van der Waals surface area contributed by atoms with Crippen LogP contribution in [0.5, 0.6) is 0 Å². The van der Waals surface area contributed by atoms with Crippen LogP contribution in [-0.4, -0.2) is 30.9 Å². The van der Waals surface area contributed by atoms with Gasteiger partial charge in [0, 0.05) is 29.9 Å². The Kier molecular flexibility index (Phi) is 4.51. The summed E-state index contributed by atoms with van der Waals surface area (Å²) in [5, 5.41) is 12.5. The van der Waals surface area contributed by atoms with Crippen LogP contribution in [0.1, 0.15) is 35.1 Å². The monoisotopic (exact) mass is 401 g/mol. The van der Waals surface area contributed by atoms with Gasteiger partial charge in [-0.1, -0.05) is 18.2 Å². The van der Waals surface area contributed by atoms with Gasteiger partial charge in [0.15, 0.2) is 0 Å². The normalized spacial score (nSPS) is 20.4. The van der Waals surface area contributed by atoms with Crippen LogP contribution in [0.2, 0.25) is 0 Å². The average molecular weight is 401 g/mol. The molecule has 0 bridgehead atoms. The number of anilines is 1. The standard InChI is InChI=1S/C24H23N3O3/c1-15-6-2-3-9-20(15)27-23(29)19(22(28)25-24(27)30)14-16-12-17-7-4-10-26-11-5-8-18(13-16)21(17)26/h2-3,6,9,12-14H,4-5,7-8,10-11H2,1H3,(H,25,28,30). The zero-order chi connectivity index (χ0) is 20.8. The molecule has 1 N–H and O–H groups in total. The number of aliphatic imine (C=N–C) groups is 1. The number of rotatable bonds is 2. The molecule has 152 valence electrons. The van der Waals surface area contributed by atoms with Gasteiger partial charge >= 0.3 is 6.03 Å². The Morgan fingerprint density at radius 1 is 1.07 bits per heavy atom. The highest BCUT2D eigenvalue weighted by molar-refractivity contribution is 6.36. The van der Waals surface area contributed by atoms with E-state index in [1.165, 1.54) is 29.9 Å². The van der Waals surface area contributed by atoms with Gasteiger partial charge in [0.1, 0.15) is 5.69 Å². The van der Waals surface area contributed by atoms with E-state index in [-0.39, 0.29) is 5.57 Å². The van der Waals surface area contributed by atoms with E-state index in [2.05, 4.69) is 17.1 Å². The van der Waals surface area contributed by atoms with Gasteiger partial charge in [-0.3, -0.25) is 4.79 Å². The summed E-state index contributed by atoms with van der Waals surface area (Å²) >= 11 is 0. The van der Waals surface area contributed by atoms with E-state index >= 15 is 0 Å². The molecule has 6 nitrogen and oxygen atoms in total. The number of hydrogen-bond acceptors (Lipinski definition) is 3. The molecule has 0 radical (unpaired) electrons. The number of para-hydroxylation sites is 1. The van der Waals surface area contributed by atoms with Gasteiger partial charge < -0.3 is 10.0 Å². The Morgan fingerprint density at radius 3 is 2.40 bits per heavy atom. The van der Waals surface area contributed by atoms with Gasteiger partial charge in [-0.05, 0) is 55.2 Å². The number of benzene rings is 2. The van der Waals surface area contributed by atoms with Crippen LogP contribution in [0.25, 0.3) is 6.08 Å². The lowest BCUT2D eigenvalue weighted by atomic mass is 9.89. The van der Waals surface area contributed by atoms with Crippen molar-refractivity contribution in [2.24, 2.45) is 4.99 Å². The minimum Gasteiger partial charge on any atom is -0.858 e. The van der Waals surface area contributed by atoms with Crippen molar-refractivity contribution in [2.75, 3.05) is 18.0 Å². The van der Waals surface area contributed by atoms with Crippen molar-refractivity contribution < 1.29 is 19.6 Å². The molecular formula is C24H23N3O3. The summed E-state index contributed by atoms with van der Waals surface area (Å²) in [6.07, 6.45) is 5.92. The van der Waals surface area contributed by atoms with Crippen molar-refractivity contribution in [3.8, 4) is 0 Å². The van der Waals surface area contributed by atoms with Crippen LogP contribution < -0.4 is 14.9 Å². The highest BCUT2D eigenvalue weighted by atomic mass is 16.3. The van der Waals surface area contributed by atoms with Gasteiger partial charge in [0.25, 0.3) is 5.91 Å². The molecule has 0 unspecified atom stereocenters. The molecule has 0 fully saturated rings. The number of aryl methyl sites for hydroxylation is 3. The van der Waals surface area contributed by atoms with E-state index in [0.29, 0.717) is 5.69 Å². The molecule has 2 aromatic rings. The fourth-order valence-electron chi connectivity index (χ4n) is 4.90. The quantitative estimate of drug-likeness (QED) is 0.779. The van der Waals surface area contributed by atoms with E-state index < -0.39 is 17.8 Å². The Labute approximate surface area is 175 Å². The van der Waals surface area contributed by atoms with Gasteiger partial charge in [-0.25, -0.2) is 14.7 Å². The molecule has 3 aliphatic rings. The molecule has 2 aromatic carbocycles. The van der Waals surface area contributed by atoms with Crippen LogP contribution in [0.3, 0.4) is 0 Å². The molecule has 6 heteroatoms. The van der Waals surface area contributed by atoms with E-state index in [1.54, 1.807) is 23.1 Å². The number of hydrogen-bond donors (Lipinski definition) is 1. The number of imide groups is 1. The molecule has 0 saturated carbocycles. The minimum absolute atomic E-state index is 0.0687. The molecule has 0 aliphatic carbocycles. The third-order valence-corrected chi connectivity index (χ3v) is 6.25. The van der Waals surface area contributed by atoms with Crippen molar-refractivity contribution >= 4 is 35.3 Å². The predicted molar refractivity (Wildman–Crippen MR) is 113 cm³/mol. The maximum Gasteiger partial charge on any atom is 0.354 e. The minimum atomic E-state index is -0.837. The SMILES string of the molecule is Cc1ccccc1N1C(=O)N=C([O-])C(=Cc2cc3c4c(c2)CCC[NH+]4CCC3)C1=O. The van der Waals surface area contributed by atoms with Crippen LogP contribution in [-0.2, 0) is 17.6 Å². The lowest BCUT2D eigenvalue weighted by Crippen LogP contribution is -3.09. The van der Waals surface area contributed by atoms with Crippen molar-refractivity contribution in [1.29, 1.82) is 0 Å². The molecule has 0 saturated heterocycles. The van der Waals surface area contributed by atoms with E-state index in [1.807, 2.05) is 19.1 Å². The molecule has 0 spiro atoms. The predicted octanol–water partition coefficient (Wildman–Crippen LogP) is 1.71. The highest BCUT2D eigenvalue weighted by Crippen LogP contribution is 2.30. The number of nitrogens with one attached hydrogen (secondary N) is 1. The Balaban J connectivity index is 1.58. The van der Waals surface area contributed by atoms with Crippen LogP contribution in [0.15, 0.2) is 47.0 Å². The summed E-state index contributed by atoms with van der Waals surface area (Å²) in [7, 11) is 0. The zero-order valence-electron chi connectivity index (χ0n) is 16.9. The first-order chi connectivity index (χ1) is 14.5. The second kappa shape index (κ2) is 7.22. The molecule has 3 heterocycles. The second-order valence-corrected chi connectivity index (χ2v) is 8.21. The van der Waals surface area contributed by atoms with Gasteiger partial charge in [0.2, 0.25) is 0 Å². The summed E-state index contributed by atoms with van der Waals surface area (Å²) in [5.74, 6) is -1.39. The van der Waals surface area contributed by atoms with E-state index in [4.69, 9.17) is 0 Å². The summed E-state index contributed by atoms with van der Waals surface area (Å²) < 4.78 is 0. The van der Waals surface area contributed by atoms with Crippen LogP contribution >= 0.6 is 0 Å². The maximum atomic E-state index is 13.2. The maximum absolute atomic E-state index is 13.2. The fraction of sp³-hybridized carbons (Fsp3) is 0.292. The Morgan fingerprint density at radius 2 is 1.73 bits per heavy atom. The number of carbonyl (C=O) groups is 2. The van der Waals surface area contributed by atoms with Crippen molar-refractivity contribution in [3.63, 3.8) is 0 Å². The van der Waals surface area contributed by atoms with E-state index in [0.717, 1.165) is 41.7 Å². The zero-order valence-corrected chi connectivity index (χ0v) is 16.9. The molecule has 3 aliphatic heterocycles. The third-order valence-electron chi connectivity index (χ3n) is 6.25. The fourth-order valence-corrected chi connectivity index (χ4v) is 4.90. The smallest absolute Gasteiger partial charge is 0.354 e. The average Bonchev–Trinajstić information content (AvgIpc) is 2.73. The first kappa shape index (κ1) is 18.8. The van der Waals surface area contributed by atoms with Crippen molar-refractivity contribution in [1.82, 2.24) is 0 Å². The van der Waals surface area contributed by atoms with Gasteiger partial charge in [0.05, 0.1) is 24.4 Å². The topological polar surface area (TPSA) is 77.2 Å². The van der Waals surface area contributed by atoms with Crippen molar-refractivity contribution in [2.45, 2.75) is 32.6 Å². The summed E-state index contributed by atoms with van der Waals surface area (Å²) in [5.41, 5.74) is 6.01. The Hall–Kier alpha value is -3.25. The number of quaternary nitrogens is 1. The van der Waals surface area contributed by atoms with Crippen molar-refractivity contribution in [3.05, 3.63) is 64.2 Å². The van der Waals surface area contributed by atoms with Gasteiger partial charge in [-0.15, -0.1) is 0 Å². The highest BCUT2D eigenvalue weighted by Gasteiger charge is 2.32. The molecular weight excluding hydrogens is 378 g/mol. The lowest BCUT2D eigenvalue weighted by Gasteiger charge is -2.32. The molecule has 30 heavy (non-hydrogen) atoms. The molecule has 0 aromatic heterocycles. The third kappa shape index (κ3) is 3.04. The first-order valence-corrected chi connectivity index (χ1v) is 10.5. The number of urea groups is 1. The second-order valence-electron chi connectivity index (χ2n) is 8.21. The summed E-state index contributed by atoms with van der Waals surface area (Å²) in [6, 6.07) is 10.4. The largest absolute Gasteiger partial charge is 0.858 e. The van der Waals surface area contributed by atoms with E-state index in [9.17, 15) is 14.7 Å². The van der Waals surface area contributed by atoms with Gasteiger partial charge in [-0.2, -0.15) is 0 Å². The van der Waals surface area contributed by atoms with Crippen LogP contribution in [0.4, 0.5) is 16.2 Å². The molecule has 0 atom stereocenters. The van der Waals surface area contributed by atoms with Crippen LogP contribution in [0, 0.1) is 6.92 Å². The Bertz CT molecular complexity index is 1100. The first-order valence-electron chi connectivity index (χ1n) is 10.5. The number of nitrogens with zero attached hydrogens (tertiary/aromatic N) is 2. The molecule has 5 rings (SSSR count). The summed E-state index contributed by atoms with van der Waals surface area (Å²) in [4.78, 5) is 31.7. The number of carbonyl (C=O) groups excluding carboxylic acids is 2. The summed E-state index contributed by atoms with van der Waals surface area (Å²) in [6.45, 7) is 4.16. The molecule has 3 amide bonds. The lowest BCUT2D eigenvalue weighted by molar-refractivity contribution is -0.838. The number of amides is 3.